The maximum Gasteiger partial charge on any atom is 0.159 e. The number of aromatic nitrogens is 1. The highest BCUT2D eigenvalue weighted by Crippen LogP contribution is 2.48. The van der Waals surface area contributed by atoms with Gasteiger partial charge in [0.2, 0.25) is 0 Å². The molecule has 0 spiro atoms. The molecule has 0 amide bonds. The minimum atomic E-state index is 0.857. The quantitative estimate of drug-likeness (QED) is 0.181. The van der Waals surface area contributed by atoms with Crippen molar-refractivity contribution in [2.75, 3.05) is 4.90 Å². The molecule has 2 aromatic heterocycles. The maximum atomic E-state index is 6.97. The van der Waals surface area contributed by atoms with E-state index in [2.05, 4.69) is 204 Å². The zero-order valence-electron chi connectivity index (χ0n) is 28.8. The van der Waals surface area contributed by atoms with Crippen molar-refractivity contribution in [3.05, 3.63) is 194 Å². The van der Waals surface area contributed by atoms with Gasteiger partial charge in [0.05, 0.1) is 16.7 Å². The zero-order chi connectivity index (χ0) is 34.9. The number of hydrogen-bond acceptors (Lipinski definition) is 2. The molecule has 0 aliphatic heterocycles. The van der Waals surface area contributed by atoms with Crippen LogP contribution in [0.3, 0.4) is 0 Å². The summed E-state index contributed by atoms with van der Waals surface area (Å²) >= 11 is 0. The van der Waals surface area contributed by atoms with Crippen LogP contribution in [0.2, 0.25) is 0 Å². The van der Waals surface area contributed by atoms with Crippen molar-refractivity contribution < 1.29 is 4.42 Å². The molecular weight excluding hydrogens is 645 g/mol. The lowest BCUT2D eigenvalue weighted by Crippen LogP contribution is -2.10. The Labute approximate surface area is 306 Å². The summed E-state index contributed by atoms with van der Waals surface area (Å²) < 4.78 is 9.36. The van der Waals surface area contributed by atoms with E-state index >= 15 is 0 Å². The summed E-state index contributed by atoms with van der Waals surface area (Å²) in [6, 6.07) is 69.7. The van der Waals surface area contributed by atoms with Gasteiger partial charge in [-0.15, -0.1) is 0 Å². The first-order valence-electron chi connectivity index (χ1n) is 18.1. The van der Waals surface area contributed by atoms with E-state index < -0.39 is 0 Å². The summed E-state index contributed by atoms with van der Waals surface area (Å²) in [6.07, 6.45) is 0. The highest BCUT2D eigenvalue weighted by atomic mass is 16.3. The van der Waals surface area contributed by atoms with E-state index in [1.165, 1.54) is 48.9 Å². The molecule has 0 saturated carbocycles. The van der Waals surface area contributed by atoms with Crippen LogP contribution < -0.4 is 4.90 Å². The van der Waals surface area contributed by atoms with Gasteiger partial charge in [0.1, 0.15) is 5.58 Å². The lowest BCUT2D eigenvalue weighted by molar-refractivity contribution is 0.669. The van der Waals surface area contributed by atoms with Crippen molar-refractivity contribution in [3.63, 3.8) is 0 Å². The van der Waals surface area contributed by atoms with Crippen molar-refractivity contribution in [2.45, 2.75) is 0 Å². The number of fused-ring (bicyclic) bond motifs is 9. The summed E-state index contributed by atoms with van der Waals surface area (Å²) in [5, 5.41) is 9.45. The molecule has 0 bridgehead atoms. The van der Waals surface area contributed by atoms with Crippen molar-refractivity contribution >= 4 is 82.4 Å². The van der Waals surface area contributed by atoms with Crippen LogP contribution in [0.15, 0.2) is 199 Å². The number of furan rings is 1. The molecule has 0 atom stereocenters. The van der Waals surface area contributed by atoms with Gasteiger partial charge in [-0.05, 0) is 99.4 Å². The molecule has 3 nitrogen and oxygen atoms in total. The summed E-state index contributed by atoms with van der Waals surface area (Å²) in [4.78, 5) is 2.36. The molecule has 0 fully saturated rings. The van der Waals surface area contributed by atoms with Gasteiger partial charge in [-0.1, -0.05) is 127 Å². The number of para-hydroxylation sites is 3. The normalized spacial score (nSPS) is 11.8. The van der Waals surface area contributed by atoms with Crippen molar-refractivity contribution in [1.29, 1.82) is 0 Å². The predicted octanol–water partition coefficient (Wildman–Crippen LogP) is 14.1. The minimum absolute atomic E-state index is 0.857. The molecule has 0 unspecified atom stereocenters. The topological polar surface area (TPSA) is 21.3 Å². The van der Waals surface area contributed by atoms with E-state index in [0.29, 0.717) is 0 Å². The first-order valence-corrected chi connectivity index (χ1v) is 18.1. The standard InChI is InChI=1S/C50H32N2O/c1-3-17-37(18-4-1)51(39-28-26-33-14-7-8-16-35(33)30-39)46-32-36(31-43-49-40-21-10-9-15-34(40)27-29-47(49)53-50(43)46)41-23-13-25-45-48(41)42-22-11-12-24-44(42)52(45)38-19-5-2-6-20-38/h1-32H. The molecule has 248 valence electrons. The van der Waals surface area contributed by atoms with Gasteiger partial charge in [0.15, 0.2) is 5.58 Å². The first-order chi connectivity index (χ1) is 26.3. The Balaban J connectivity index is 1.28. The second kappa shape index (κ2) is 11.7. The van der Waals surface area contributed by atoms with Crippen LogP contribution >= 0.6 is 0 Å². The monoisotopic (exact) mass is 676 g/mol. The highest BCUT2D eigenvalue weighted by Gasteiger charge is 2.24. The molecular formula is C50H32N2O. The Morgan fingerprint density at radius 3 is 1.94 bits per heavy atom. The van der Waals surface area contributed by atoms with Gasteiger partial charge in [-0.3, -0.25) is 0 Å². The summed E-state index contributed by atoms with van der Waals surface area (Å²) in [6.45, 7) is 0. The van der Waals surface area contributed by atoms with Crippen LogP contribution in [0.25, 0.3) is 82.1 Å². The van der Waals surface area contributed by atoms with E-state index in [1.807, 2.05) is 0 Å². The molecule has 0 N–H and O–H groups in total. The molecule has 0 aliphatic rings. The van der Waals surface area contributed by atoms with Crippen LogP contribution in [-0.2, 0) is 0 Å². The third-order valence-electron chi connectivity index (χ3n) is 10.7. The molecule has 9 aromatic carbocycles. The van der Waals surface area contributed by atoms with Gasteiger partial charge in [-0.2, -0.15) is 0 Å². The Morgan fingerprint density at radius 2 is 1.09 bits per heavy atom. The van der Waals surface area contributed by atoms with E-state index in [1.54, 1.807) is 0 Å². The lowest BCUT2D eigenvalue weighted by Gasteiger charge is -2.26. The average Bonchev–Trinajstić information content (AvgIpc) is 3.78. The fraction of sp³-hybridized carbons (Fsp3) is 0. The van der Waals surface area contributed by atoms with Crippen molar-refractivity contribution in [2.24, 2.45) is 0 Å². The Hall–Kier alpha value is -7.10. The predicted molar refractivity (Wildman–Crippen MR) is 223 cm³/mol. The third kappa shape index (κ3) is 4.61. The smallest absolute Gasteiger partial charge is 0.159 e. The van der Waals surface area contributed by atoms with E-state index in [0.717, 1.165) is 50.3 Å². The number of nitrogens with zero attached hydrogens (tertiary/aromatic N) is 2. The number of benzene rings is 9. The fourth-order valence-electron chi connectivity index (χ4n) is 8.39. The van der Waals surface area contributed by atoms with Crippen LogP contribution in [0.5, 0.6) is 0 Å². The highest BCUT2D eigenvalue weighted by molar-refractivity contribution is 6.23. The number of anilines is 3. The first kappa shape index (κ1) is 29.6. The van der Waals surface area contributed by atoms with Gasteiger partial charge in [-0.25, -0.2) is 0 Å². The average molecular weight is 677 g/mol. The van der Waals surface area contributed by atoms with Gasteiger partial charge in [0, 0.05) is 38.6 Å². The van der Waals surface area contributed by atoms with Gasteiger partial charge in [0.25, 0.3) is 0 Å². The third-order valence-corrected chi connectivity index (χ3v) is 10.7. The molecule has 3 heteroatoms. The molecule has 11 rings (SSSR count). The molecule has 53 heavy (non-hydrogen) atoms. The Bertz CT molecular complexity index is 3170. The second-order valence-electron chi connectivity index (χ2n) is 13.7. The van der Waals surface area contributed by atoms with Gasteiger partial charge >= 0.3 is 0 Å². The Morgan fingerprint density at radius 1 is 0.415 bits per heavy atom. The molecule has 0 saturated heterocycles. The maximum absolute atomic E-state index is 6.97. The summed E-state index contributed by atoms with van der Waals surface area (Å²) in [5.74, 6) is 0. The fourth-order valence-corrected chi connectivity index (χ4v) is 8.39. The molecule has 0 radical (unpaired) electrons. The van der Waals surface area contributed by atoms with E-state index in [9.17, 15) is 0 Å². The molecule has 11 aromatic rings. The zero-order valence-corrected chi connectivity index (χ0v) is 28.8. The minimum Gasteiger partial charge on any atom is -0.454 e. The van der Waals surface area contributed by atoms with E-state index in [4.69, 9.17) is 4.42 Å². The molecule has 0 aliphatic carbocycles. The van der Waals surface area contributed by atoms with Crippen LogP contribution in [0.1, 0.15) is 0 Å². The Kier molecular flexibility index (Phi) is 6.55. The summed E-state index contributed by atoms with van der Waals surface area (Å²) in [5.41, 5.74) is 10.7. The summed E-state index contributed by atoms with van der Waals surface area (Å²) in [7, 11) is 0. The SMILES string of the molecule is c1ccc(N(c2ccc3ccccc3c2)c2cc(-c3cccc4c3c3ccccc3n4-c3ccccc3)cc3c2oc2ccc4ccccc4c23)cc1. The van der Waals surface area contributed by atoms with Crippen LogP contribution in [0, 0.1) is 0 Å². The van der Waals surface area contributed by atoms with Crippen molar-refractivity contribution in [3.8, 4) is 16.8 Å². The second-order valence-corrected chi connectivity index (χ2v) is 13.7. The molecule has 2 heterocycles. The largest absolute Gasteiger partial charge is 0.454 e. The van der Waals surface area contributed by atoms with Gasteiger partial charge < -0.3 is 13.9 Å². The van der Waals surface area contributed by atoms with Crippen LogP contribution in [-0.4, -0.2) is 4.57 Å². The number of rotatable bonds is 5. The van der Waals surface area contributed by atoms with Crippen LogP contribution in [0.4, 0.5) is 17.1 Å². The van der Waals surface area contributed by atoms with Crippen molar-refractivity contribution in [1.82, 2.24) is 4.57 Å². The lowest BCUT2D eigenvalue weighted by atomic mass is 9.95. The van der Waals surface area contributed by atoms with E-state index in [-0.39, 0.29) is 0 Å². The number of hydrogen-bond donors (Lipinski definition) is 0.